The second-order valence-electron chi connectivity index (χ2n) is 6.48. The zero-order valence-corrected chi connectivity index (χ0v) is 15.8. The van der Waals surface area contributed by atoms with Gasteiger partial charge < -0.3 is 5.32 Å². The third-order valence-electron chi connectivity index (χ3n) is 3.81. The number of nitrogens with one attached hydrogen (secondary N) is 1. The highest BCUT2D eigenvalue weighted by atomic mass is 32.1. The first kappa shape index (κ1) is 18.8. The maximum absolute atomic E-state index is 12.6. The fourth-order valence-corrected chi connectivity index (χ4v) is 3.26. The number of amides is 1. The van der Waals surface area contributed by atoms with Crippen molar-refractivity contribution in [3.05, 3.63) is 57.9 Å². The van der Waals surface area contributed by atoms with Crippen molar-refractivity contribution in [3.8, 4) is 10.7 Å². The van der Waals surface area contributed by atoms with Gasteiger partial charge in [0.25, 0.3) is 0 Å². The number of hydrogen-bond donors (Lipinski definition) is 1. The third kappa shape index (κ3) is 4.59. The number of ketones is 1. The normalized spacial score (nSPS) is 10.9. The van der Waals surface area contributed by atoms with Crippen LogP contribution in [0.1, 0.15) is 30.6 Å². The molecule has 0 radical (unpaired) electrons. The molecule has 0 spiro atoms. The van der Waals surface area contributed by atoms with Crippen molar-refractivity contribution in [1.29, 1.82) is 0 Å². The zero-order chi connectivity index (χ0) is 19.4. The summed E-state index contributed by atoms with van der Waals surface area (Å²) in [5.74, 6) is -0.394. The van der Waals surface area contributed by atoms with Crippen LogP contribution >= 0.6 is 11.3 Å². The number of nitrogens with zero attached hydrogens (tertiary/aromatic N) is 2. The lowest BCUT2D eigenvalue weighted by Crippen LogP contribution is -2.21. The Bertz CT molecular complexity index is 985. The molecule has 0 saturated heterocycles. The molecular formula is C19H19N3O4S. The molecule has 3 rings (SSSR count). The van der Waals surface area contributed by atoms with E-state index in [1.165, 1.54) is 15.9 Å². The first-order valence-electron chi connectivity index (χ1n) is 8.47. The number of carbonyl (C=O) groups is 2. The molecule has 27 heavy (non-hydrogen) atoms. The molecule has 3 aromatic rings. The molecular weight excluding hydrogens is 366 g/mol. The van der Waals surface area contributed by atoms with Crippen molar-refractivity contribution in [2.75, 3.05) is 5.32 Å². The largest absolute Gasteiger partial charge is 0.442 e. The van der Waals surface area contributed by atoms with Crippen LogP contribution in [-0.4, -0.2) is 21.4 Å². The van der Waals surface area contributed by atoms with Crippen LogP contribution in [0.2, 0.25) is 0 Å². The summed E-state index contributed by atoms with van der Waals surface area (Å²) in [6.07, 6.45) is 0.433. The SMILES string of the molecule is CC(C)CC(=O)Nc1ccc(C(=O)Cn2c(-c3cccs3)noc2=O)cc1. The molecule has 0 saturated carbocycles. The molecule has 0 aliphatic rings. The Labute approximate surface area is 159 Å². The van der Waals surface area contributed by atoms with E-state index in [0.717, 1.165) is 4.88 Å². The van der Waals surface area contributed by atoms with Crippen LogP contribution in [0.4, 0.5) is 5.69 Å². The van der Waals surface area contributed by atoms with Gasteiger partial charge in [0.05, 0.1) is 11.4 Å². The molecule has 2 heterocycles. The van der Waals surface area contributed by atoms with Gasteiger partial charge in [0.2, 0.25) is 5.91 Å². The summed E-state index contributed by atoms with van der Waals surface area (Å²) in [6.45, 7) is 3.77. The standard InChI is InChI=1S/C19H19N3O4S/c1-12(2)10-17(24)20-14-7-5-13(6-8-14)15(23)11-22-18(21-26-19(22)25)16-4-3-9-27-16/h3-9,12H,10-11H2,1-2H3,(H,20,24). The molecule has 7 nitrogen and oxygen atoms in total. The van der Waals surface area contributed by atoms with Gasteiger partial charge >= 0.3 is 5.76 Å². The van der Waals surface area contributed by atoms with Crippen LogP contribution in [0.5, 0.6) is 0 Å². The van der Waals surface area contributed by atoms with Crippen LogP contribution in [0.25, 0.3) is 10.7 Å². The Kier molecular flexibility index (Phi) is 5.66. The number of thiophene rings is 1. The first-order chi connectivity index (χ1) is 12.9. The Balaban J connectivity index is 1.72. The van der Waals surface area contributed by atoms with Crippen molar-refractivity contribution >= 4 is 28.7 Å². The lowest BCUT2D eigenvalue weighted by molar-refractivity contribution is -0.116. The van der Waals surface area contributed by atoms with E-state index in [4.69, 9.17) is 4.52 Å². The highest BCUT2D eigenvalue weighted by Crippen LogP contribution is 2.22. The van der Waals surface area contributed by atoms with Gasteiger partial charge in [-0.15, -0.1) is 11.3 Å². The minimum Gasteiger partial charge on any atom is -0.326 e. The molecule has 0 atom stereocenters. The predicted octanol–water partition coefficient (Wildman–Crippen LogP) is 3.43. The zero-order valence-electron chi connectivity index (χ0n) is 15.0. The summed E-state index contributed by atoms with van der Waals surface area (Å²) in [5, 5.41) is 8.41. The van der Waals surface area contributed by atoms with E-state index in [0.29, 0.717) is 23.5 Å². The fraction of sp³-hybridized carbons (Fsp3) is 0.263. The molecule has 0 aliphatic carbocycles. The fourth-order valence-electron chi connectivity index (χ4n) is 2.55. The van der Waals surface area contributed by atoms with Gasteiger partial charge in [-0.1, -0.05) is 25.1 Å². The quantitative estimate of drug-likeness (QED) is 0.629. The molecule has 140 valence electrons. The van der Waals surface area contributed by atoms with Gasteiger partial charge in [-0.3, -0.25) is 14.1 Å². The van der Waals surface area contributed by atoms with Gasteiger partial charge in [-0.05, 0) is 41.6 Å². The number of hydrogen-bond acceptors (Lipinski definition) is 6. The van der Waals surface area contributed by atoms with Gasteiger partial charge in [0.1, 0.15) is 0 Å². The highest BCUT2D eigenvalue weighted by molar-refractivity contribution is 7.13. The van der Waals surface area contributed by atoms with Crippen LogP contribution in [0.15, 0.2) is 51.1 Å². The minimum absolute atomic E-state index is 0.0688. The number of anilines is 1. The minimum atomic E-state index is -0.677. The Morgan fingerprint density at radius 1 is 1.22 bits per heavy atom. The molecule has 2 aromatic heterocycles. The number of Topliss-reactive ketones (excluding diaryl/α,β-unsaturated/α-hetero) is 1. The topological polar surface area (TPSA) is 94.2 Å². The molecule has 0 unspecified atom stereocenters. The molecule has 0 fully saturated rings. The van der Waals surface area contributed by atoms with Crippen molar-refractivity contribution in [1.82, 2.24) is 9.72 Å². The second-order valence-corrected chi connectivity index (χ2v) is 7.43. The van der Waals surface area contributed by atoms with E-state index >= 15 is 0 Å². The monoisotopic (exact) mass is 385 g/mol. The number of benzene rings is 1. The summed E-state index contributed by atoms with van der Waals surface area (Å²) < 4.78 is 5.93. The number of rotatable bonds is 7. The molecule has 0 aliphatic heterocycles. The first-order valence-corrected chi connectivity index (χ1v) is 9.35. The van der Waals surface area contributed by atoms with Crippen molar-refractivity contribution in [3.63, 3.8) is 0 Å². The Morgan fingerprint density at radius 2 is 1.96 bits per heavy atom. The summed E-state index contributed by atoms with van der Waals surface area (Å²) in [7, 11) is 0. The second kappa shape index (κ2) is 8.13. The smallest absolute Gasteiger partial charge is 0.326 e. The van der Waals surface area contributed by atoms with Gasteiger partial charge in [0, 0.05) is 17.7 Å². The highest BCUT2D eigenvalue weighted by Gasteiger charge is 2.17. The molecule has 0 bridgehead atoms. The summed E-state index contributed by atoms with van der Waals surface area (Å²) in [5.41, 5.74) is 1.06. The Morgan fingerprint density at radius 3 is 2.59 bits per heavy atom. The predicted molar refractivity (Wildman–Crippen MR) is 103 cm³/mol. The van der Waals surface area contributed by atoms with Crippen LogP contribution in [0, 0.1) is 5.92 Å². The number of carbonyl (C=O) groups excluding carboxylic acids is 2. The molecule has 1 N–H and O–H groups in total. The van der Waals surface area contributed by atoms with Crippen molar-refractivity contribution in [2.24, 2.45) is 5.92 Å². The average Bonchev–Trinajstić information content (AvgIpc) is 3.25. The van der Waals surface area contributed by atoms with E-state index in [1.807, 2.05) is 25.3 Å². The van der Waals surface area contributed by atoms with Crippen LogP contribution in [0.3, 0.4) is 0 Å². The van der Waals surface area contributed by atoms with E-state index in [9.17, 15) is 14.4 Å². The number of aromatic nitrogens is 2. The maximum Gasteiger partial charge on any atom is 0.442 e. The summed E-state index contributed by atoms with van der Waals surface area (Å²) >= 11 is 1.40. The van der Waals surface area contributed by atoms with Gasteiger partial charge in [0.15, 0.2) is 11.6 Å². The van der Waals surface area contributed by atoms with Gasteiger partial charge in [-0.25, -0.2) is 9.36 Å². The molecule has 1 amide bonds. The van der Waals surface area contributed by atoms with Crippen LogP contribution < -0.4 is 11.1 Å². The van der Waals surface area contributed by atoms with E-state index < -0.39 is 5.76 Å². The van der Waals surface area contributed by atoms with E-state index in [1.54, 1.807) is 30.3 Å². The molecule has 1 aromatic carbocycles. The maximum atomic E-state index is 12.6. The molecule has 8 heteroatoms. The lowest BCUT2D eigenvalue weighted by atomic mass is 10.1. The van der Waals surface area contributed by atoms with Crippen molar-refractivity contribution < 1.29 is 14.1 Å². The third-order valence-corrected chi connectivity index (χ3v) is 4.68. The lowest BCUT2D eigenvalue weighted by Gasteiger charge is -2.08. The van der Waals surface area contributed by atoms with E-state index in [2.05, 4.69) is 10.5 Å². The van der Waals surface area contributed by atoms with Crippen molar-refractivity contribution in [2.45, 2.75) is 26.8 Å². The van der Waals surface area contributed by atoms with E-state index in [-0.39, 0.29) is 24.2 Å². The summed E-state index contributed by atoms with van der Waals surface area (Å²) in [6, 6.07) is 10.2. The Hall–Kier alpha value is -3.00. The average molecular weight is 385 g/mol. The summed E-state index contributed by atoms with van der Waals surface area (Å²) in [4.78, 5) is 37.0. The van der Waals surface area contributed by atoms with Gasteiger partial charge in [-0.2, -0.15) is 0 Å². The van der Waals surface area contributed by atoms with Crippen LogP contribution in [-0.2, 0) is 11.3 Å².